The number of carbonyl (C=O) groups is 4. The number of Topliss-reactive ketones (excluding diaryl/α,β-unsaturated/α-hetero) is 1. The summed E-state index contributed by atoms with van der Waals surface area (Å²) in [5.41, 5.74) is 1.12. The number of likely N-dealkylation sites (tertiary alicyclic amines) is 1. The molecule has 10 heteroatoms. The quantitative estimate of drug-likeness (QED) is 0.340. The van der Waals surface area contributed by atoms with Gasteiger partial charge in [0.2, 0.25) is 5.91 Å². The van der Waals surface area contributed by atoms with E-state index < -0.39 is 35.8 Å². The van der Waals surface area contributed by atoms with Gasteiger partial charge in [-0.1, -0.05) is 58.0 Å². The number of alkyl carbamates (subject to hydrolysis) is 1. The maximum Gasteiger partial charge on any atom is 0.407 e. The summed E-state index contributed by atoms with van der Waals surface area (Å²) >= 11 is 0. The van der Waals surface area contributed by atoms with Gasteiger partial charge in [0.15, 0.2) is 5.78 Å². The highest BCUT2D eigenvalue weighted by Gasteiger charge is 2.35. The Morgan fingerprint density at radius 3 is 2.24 bits per heavy atom. The number of ketones is 1. The molecule has 3 atom stereocenters. The molecular weight excluding hydrogens is 527 g/mol. The Bertz CT molecular complexity index is 1170. The summed E-state index contributed by atoms with van der Waals surface area (Å²) in [6.45, 7) is 8.98. The molecule has 0 aromatic heterocycles. The van der Waals surface area contributed by atoms with Crippen LogP contribution in [-0.4, -0.2) is 66.4 Å². The van der Waals surface area contributed by atoms with Crippen LogP contribution in [0.1, 0.15) is 56.5 Å². The highest BCUT2D eigenvalue weighted by molar-refractivity contribution is 5.99. The number of hydrogen-bond acceptors (Lipinski definition) is 6. The van der Waals surface area contributed by atoms with Gasteiger partial charge in [-0.25, -0.2) is 9.18 Å². The van der Waals surface area contributed by atoms with Crippen molar-refractivity contribution in [3.05, 3.63) is 71.5 Å². The molecule has 0 aliphatic carbocycles. The lowest BCUT2D eigenvalue weighted by Gasteiger charge is -2.26. The standard InChI is InChI=1S/C31H41FN4O5/c1-20(2)14-25(33-31(40)41-19-22-8-6-5-7-9-22)16-36-17-27(28(37)18-36)35-30(39)26(15-21(3)4)34-29(38)23-10-12-24(32)13-11-23/h5-13,20-21,25-27H,14-19H2,1-4H3,(H,33,40)(H,34,38)(H,35,39)/t25-,26-,27?/m0/s1. The van der Waals surface area contributed by atoms with Gasteiger partial charge in [-0.15, -0.1) is 0 Å². The lowest BCUT2D eigenvalue weighted by molar-refractivity contribution is -0.127. The number of hydrogen-bond donors (Lipinski definition) is 3. The molecule has 9 nitrogen and oxygen atoms in total. The summed E-state index contributed by atoms with van der Waals surface area (Å²) in [6.07, 6.45) is 0.534. The molecule has 222 valence electrons. The van der Waals surface area contributed by atoms with E-state index >= 15 is 0 Å². The van der Waals surface area contributed by atoms with Crippen molar-refractivity contribution in [2.45, 2.75) is 65.3 Å². The summed E-state index contributed by atoms with van der Waals surface area (Å²) < 4.78 is 18.6. The number of nitrogens with zero attached hydrogens (tertiary/aromatic N) is 1. The van der Waals surface area contributed by atoms with Gasteiger partial charge in [0.05, 0.1) is 6.54 Å². The maximum absolute atomic E-state index is 13.3. The zero-order valence-electron chi connectivity index (χ0n) is 24.2. The summed E-state index contributed by atoms with van der Waals surface area (Å²) in [5.74, 6) is -1.15. The second-order valence-corrected chi connectivity index (χ2v) is 11.4. The average Bonchev–Trinajstić information content (AvgIpc) is 3.25. The van der Waals surface area contributed by atoms with E-state index in [0.717, 1.165) is 5.56 Å². The molecule has 1 aliphatic rings. The number of carbonyl (C=O) groups excluding carboxylic acids is 4. The minimum absolute atomic E-state index is 0.0968. The molecule has 2 aromatic carbocycles. The minimum Gasteiger partial charge on any atom is -0.445 e. The molecule has 1 heterocycles. The highest BCUT2D eigenvalue weighted by Crippen LogP contribution is 2.14. The van der Waals surface area contributed by atoms with Gasteiger partial charge in [-0.05, 0) is 54.5 Å². The summed E-state index contributed by atoms with van der Waals surface area (Å²) in [5, 5.41) is 8.45. The van der Waals surface area contributed by atoms with Crippen molar-refractivity contribution in [2.24, 2.45) is 11.8 Å². The normalized spacial score (nSPS) is 16.9. The third kappa shape index (κ3) is 10.6. The SMILES string of the molecule is CC(C)C[C@@H](CN1CC(=O)C(NC(=O)[C@H](CC(C)C)NC(=O)c2ccc(F)cc2)C1)NC(=O)OCc1ccccc1. The van der Waals surface area contributed by atoms with Gasteiger partial charge >= 0.3 is 6.09 Å². The van der Waals surface area contributed by atoms with Crippen LogP contribution >= 0.6 is 0 Å². The molecule has 1 fully saturated rings. The molecule has 3 N–H and O–H groups in total. The molecule has 0 radical (unpaired) electrons. The molecular formula is C31H41FN4O5. The predicted molar refractivity (Wildman–Crippen MR) is 153 cm³/mol. The van der Waals surface area contributed by atoms with Gasteiger partial charge in [-0.2, -0.15) is 0 Å². The van der Waals surface area contributed by atoms with E-state index in [0.29, 0.717) is 31.8 Å². The Labute approximate surface area is 241 Å². The van der Waals surface area contributed by atoms with E-state index in [2.05, 4.69) is 29.8 Å². The summed E-state index contributed by atoms with van der Waals surface area (Å²) in [7, 11) is 0. The Kier molecular flexibility index (Phi) is 11.8. The lowest BCUT2D eigenvalue weighted by atomic mass is 10.0. The zero-order chi connectivity index (χ0) is 29.9. The second kappa shape index (κ2) is 15.3. The van der Waals surface area contributed by atoms with E-state index in [9.17, 15) is 23.6 Å². The maximum atomic E-state index is 13.3. The number of nitrogens with one attached hydrogen (secondary N) is 3. The Balaban J connectivity index is 1.56. The van der Waals surface area contributed by atoms with Gasteiger partial charge in [-0.3, -0.25) is 19.3 Å². The third-order valence-electron chi connectivity index (χ3n) is 6.73. The van der Waals surface area contributed by atoms with Crippen LogP contribution in [-0.2, 0) is 20.9 Å². The first-order valence-electron chi connectivity index (χ1n) is 14.1. The van der Waals surface area contributed by atoms with Crippen molar-refractivity contribution in [3.8, 4) is 0 Å². The number of amides is 3. The lowest BCUT2D eigenvalue weighted by Crippen LogP contribution is -2.52. The fraction of sp³-hybridized carbons (Fsp3) is 0.484. The first kappa shape index (κ1) is 31.7. The summed E-state index contributed by atoms with van der Waals surface area (Å²) in [4.78, 5) is 53.1. The van der Waals surface area contributed by atoms with Crippen LogP contribution in [0.4, 0.5) is 9.18 Å². The number of rotatable bonds is 13. The molecule has 1 saturated heterocycles. The minimum atomic E-state index is -0.857. The van der Waals surface area contributed by atoms with E-state index in [-0.39, 0.29) is 36.5 Å². The van der Waals surface area contributed by atoms with Crippen molar-refractivity contribution < 1.29 is 28.3 Å². The van der Waals surface area contributed by atoms with Crippen molar-refractivity contribution in [3.63, 3.8) is 0 Å². The van der Waals surface area contributed by atoms with Gasteiger partial charge in [0.1, 0.15) is 24.5 Å². The monoisotopic (exact) mass is 568 g/mol. The van der Waals surface area contributed by atoms with Gasteiger partial charge in [0, 0.05) is 24.7 Å². The van der Waals surface area contributed by atoms with Gasteiger partial charge in [0.25, 0.3) is 5.91 Å². The Morgan fingerprint density at radius 2 is 1.61 bits per heavy atom. The van der Waals surface area contributed by atoms with Crippen LogP contribution in [0.3, 0.4) is 0 Å². The van der Waals surface area contributed by atoms with Gasteiger partial charge < -0.3 is 20.7 Å². The predicted octanol–water partition coefficient (Wildman–Crippen LogP) is 3.68. The summed E-state index contributed by atoms with van der Waals surface area (Å²) in [6, 6.07) is 12.6. The first-order valence-corrected chi connectivity index (χ1v) is 14.1. The fourth-order valence-electron chi connectivity index (χ4n) is 4.83. The van der Waals surface area contributed by atoms with Crippen molar-refractivity contribution >= 4 is 23.7 Å². The largest absolute Gasteiger partial charge is 0.445 e. The van der Waals surface area contributed by atoms with Crippen molar-refractivity contribution in [1.29, 1.82) is 0 Å². The fourth-order valence-corrected chi connectivity index (χ4v) is 4.83. The molecule has 0 saturated carbocycles. The van der Waals surface area contributed by atoms with Crippen LogP contribution in [0.25, 0.3) is 0 Å². The molecule has 2 aromatic rings. The van der Waals surface area contributed by atoms with Crippen molar-refractivity contribution in [1.82, 2.24) is 20.9 Å². The molecule has 3 amide bonds. The number of benzene rings is 2. The molecule has 1 unspecified atom stereocenters. The van der Waals surface area contributed by atoms with Crippen LogP contribution < -0.4 is 16.0 Å². The highest BCUT2D eigenvalue weighted by atomic mass is 19.1. The number of halogens is 1. The van der Waals surface area contributed by atoms with E-state index in [1.807, 2.05) is 49.1 Å². The van der Waals surface area contributed by atoms with Crippen molar-refractivity contribution in [2.75, 3.05) is 19.6 Å². The molecule has 0 spiro atoms. The van der Waals surface area contributed by atoms with E-state index in [4.69, 9.17) is 4.74 Å². The van der Waals surface area contributed by atoms with Crippen LogP contribution in [0.5, 0.6) is 0 Å². The Morgan fingerprint density at radius 1 is 0.951 bits per heavy atom. The van der Waals surface area contributed by atoms with Crippen LogP contribution in [0, 0.1) is 17.7 Å². The van der Waals surface area contributed by atoms with E-state index in [1.165, 1.54) is 24.3 Å². The molecule has 41 heavy (non-hydrogen) atoms. The molecule has 1 aliphatic heterocycles. The average molecular weight is 569 g/mol. The first-order chi connectivity index (χ1) is 19.5. The molecule has 3 rings (SSSR count). The molecule has 0 bridgehead atoms. The topological polar surface area (TPSA) is 117 Å². The third-order valence-corrected chi connectivity index (χ3v) is 6.73. The zero-order valence-corrected chi connectivity index (χ0v) is 24.2. The number of ether oxygens (including phenoxy) is 1. The smallest absolute Gasteiger partial charge is 0.407 e. The van der Waals surface area contributed by atoms with Crippen LogP contribution in [0.2, 0.25) is 0 Å². The second-order valence-electron chi connectivity index (χ2n) is 11.4. The van der Waals surface area contributed by atoms with Crippen LogP contribution in [0.15, 0.2) is 54.6 Å². The Hall–Kier alpha value is -3.79. The van der Waals surface area contributed by atoms with E-state index in [1.54, 1.807) is 0 Å².